The summed E-state index contributed by atoms with van der Waals surface area (Å²) >= 11 is 0. The predicted octanol–water partition coefficient (Wildman–Crippen LogP) is 1.42. The molecule has 0 aromatic heterocycles. The van der Waals surface area contributed by atoms with Gasteiger partial charge in [-0.2, -0.15) is 0 Å². The second-order valence-corrected chi connectivity index (χ2v) is 4.70. The van der Waals surface area contributed by atoms with E-state index in [2.05, 4.69) is 5.32 Å². The van der Waals surface area contributed by atoms with Gasteiger partial charge in [0.25, 0.3) is 5.91 Å². The summed E-state index contributed by atoms with van der Waals surface area (Å²) in [5.41, 5.74) is 2.91. The van der Waals surface area contributed by atoms with Gasteiger partial charge in [-0.15, -0.1) is 0 Å². The molecule has 0 aliphatic heterocycles. The van der Waals surface area contributed by atoms with E-state index in [1.54, 1.807) is 37.3 Å². The number of benzene rings is 2. The second-order valence-electron chi connectivity index (χ2n) is 4.70. The Morgan fingerprint density at radius 2 is 1.81 bits per heavy atom. The molecule has 2 aromatic carbocycles. The van der Waals surface area contributed by atoms with Gasteiger partial charge in [0, 0.05) is 12.1 Å². The average Bonchev–Trinajstić information content (AvgIpc) is 2.48. The molecule has 1 amide bonds. The lowest BCUT2D eigenvalue weighted by atomic mass is 9.88. The van der Waals surface area contributed by atoms with Crippen LogP contribution in [0, 0.1) is 6.92 Å². The molecule has 0 saturated heterocycles. The number of nitrogens with one attached hydrogen (secondary N) is 1. The molecule has 2 radical (unpaired) electrons. The fraction of sp³-hybridized carbons (Fsp3) is 0.125. The molecule has 2 aromatic rings. The SMILES string of the molecule is [B]c1cccc(C(=O)NCc2ccc(C(=O)O)cc2)c1C. The van der Waals surface area contributed by atoms with Gasteiger partial charge in [0.1, 0.15) is 7.85 Å². The first kappa shape index (κ1) is 14.8. The second kappa shape index (κ2) is 6.26. The van der Waals surface area contributed by atoms with Crippen molar-refractivity contribution in [2.75, 3.05) is 0 Å². The van der Waals surface area contributed by atoms with Gasteiger partial charge in [0.05, 0.1) is 5.56 Å². The lowest BCUT2D eigenvalue weighted by molar-refractivity contribution is 0.0696. The van der Waals surface area contributed by atoms with Crippen molar-refractivity contribution in [2.45, 2.75) is 13.5 Å². The van der Waals surface area contributed by atoms with Crippen molar-refractivity contribution in [2.24, 2.45) is 0 Å². The molecule has 5 heteroatoms. The molecule has 2 rings (SSSR count). The van der Waals surface area contributed by atoms with Gasteiger partial charge < -0.3 is 10.4 Å². The van der Waals surface area contributed by atoms with Crippen molar-refractivity contribution >= 4 is 25.2 Å². The minimum Gasteiger partial charge on any atom is -0.478 e. The van der Waals surface area contributed by atoms with Crippen molar-refractivity contribution in [3.63, 3.8) is 0 Å². The minimum absolute atomic E-state index is 0.206. The van der Waals surface area contributed by atoms with Crippen molar-refractivity contribution < 1.29 is 14.7 Å². The van der Waals surface area contributed by atoms with Crippen LogP contribution in [0.15, 0.2) is 42.5 Å². The molecule has 21 heavy (non-hydrogen) atoms. The van der Waals surface area contributed by atoms with Crippen LogP contribution in [0.25, 0.3) is 0 Å². The summed E-state index contributed by atoms with van der Waals surface area (Å²) in [4.78, 5) is 22.9. The summed E-state index contributed by atoms with van der Waals surface area (Å²) in [6.07, 6.45) is 0. The van der Waals surface area contributed by atoms with Gasteiger partial charge >= 0.3 is 5.97 Å². The summed E-state index contributed by atoms with van der Waals surface area (Å²) < 4.78 is 0. The number of rotatable bonds is 4. The lowest BCUT2D eigenvalue weighted by Crippen LogP contribution is -2.25. The third-order valence-corrected chi connectivity index (χ3v) is 3.27. The van der Waals surface area contributed by atoms with Crippen LogP contribution >= 0.6 is 0 Å². The zero-order valence-electron chi connectivity index (χ0n) is 11.6. The number of hydrogen-bond donors (Lipinski definition) is 2. The Hall–Kier alpha value is -2.56. The normalized spacial score (nSPS) is 10.1. The number of aromatic carboxylic acids is 1. The fourth-order valence-electron chi connectivity index (χ4n) is 1.94. The van der Waals surface area contributed by atoms with E-state index >= 15 is 0 Å². The monoisotopic (exact) mass is 279 g/mol. The largest absolute Gasteiger partial charge is 0.478 e. The molecule has 0 atom stereocenters. The standard InChI is InChI=1S/C16H14BNO3/c1-10-13(3-2-4-14(10)17)15(19)18-9-11-5-7-12(8-6-11)16(20)21/h2-8H,9H2,1H3,(H,18,19)(H,20,21). The van der Waals surface area contributed by atoms with E-state index in [-0.39, 0.29) is 11.5 Å². The van der Waals surface area contributed by atoms with E-state index in [0.29, 0.717) is 17.6 Å². The van der Waals surface area contributed by atoms with Crippen molar-refractivity contribution in [1.29, 1.82) is 0 Å². The lowest BCUT2D eigenvalue weighted by Gasteiger charge is -2.10. The maximum Gasteiger partial charge on any atom is 0.335 e. The topological polar surface area (TPSA) is 66.4 Å². The van der Waals surface area contributed by atoms with Crippen LogP contribution in [-0.2, 0) is 6.54 Å². The zero-order valence-corrected chi connectivity index (χ0v) is 11.6. The number of carboxylic acid groups (broad SMARTS) is 1. The highest BCUT2D eigenvalue weighted by molar-refractivity contribution is 6.33. The third-order valence-electron chi connectivity index (χ3n) is 3.27. The van der Waals surface area contributed by atoms with Crippen LogP contribution in [0.3, 0.4) is 0 Å². The maximum atomic E-state index is 12.1. The van der Waals surface area contributed by atoms with Crippen LogP contribution in [-0.4, -0.2) is 24.8 Å². The van der Waals surface area contributed by atoms with Crippen LogP contribution in [0.5, 0.6) is 0 Å². The Morgan fingerprint density at radius 3 is 2.43 bits per heavy atom. The minimum atomic E-state index is -0.971. The number of hydrogen-bond acceptors (Lipinski definition) is 2. The number of carbonyl (C=O) groups is 2. The van der Waals surface area contributed by atoms with E-state index in [0.717, 1.165) is 11.1 Å². The smallest absolute Gasteiger partial charge is 0.335 e. The van der Waals surface area contributed by atoms with Gasteiger partial charge in [-0.05, 0) is 36.2 Å². The Balaban J connectivity index is 2.04. The molecule has 104 valence electrons. The summed E-state index contributed by atoms with van der Waals surface area (Å²) in [5.74, 6) is -1.18. The summed E-state index contributed by atoms with van der Waals surface area (Å²) in [5, 5.41) is 11.6. The third kappa shape index (κ3) is 3.51. The fourth-order valence-corrected chi connectivity index (χ4v) is 1.94. The zero-order chi connectivity index (χ0) is 15.4. The van der Waals surface area contributed by atoms with Crippen LogP contribution in [0.4, 0.5) is 0 Å². The number of carboxylic acids is 1. The molecule has 0 unspecified atom stereocenters. The van der Waals surface area contributed by atoms with E-state index in [4.69, 9.17) is 13.0 Å². The van der Waals surface area contributed by atoms with Crippen LogP contribution < -0.4 is 10.8 Å². The Labute approximate surface area is 124 Å². The van der Waals surface area contributed by atoms with Crippen LogP contribution in [0.1, 0.15) is 31.8 Å². The highest BCUT2D eigenvalue weighted by Gasteiger charge is 2.09. The number of amides is 1. The Bertz CT molecular complexity index is 680. The predicted molar refractivity (Wildman–Crippen MR) is 81.1 cm³/mol. The first-order chi connectivity index (χ1) is 9.99. The molecular formula is C16H14BNO3. The summed E-state index contributed by atoms with van der Waals surface area (Å²) in [6.45, 7) is 2.12. The first-order valence-corrected chi connectivity index (χ1v) is 6.44. The molecule has 2 N–H and O–H groups in total. The van der Waals surface area contributed by atoms with E-state index in [1.807, 2.05) is 0 Å². The Morgan fingerprint density at radius 1 is 1.14 bits per heavy atom. The molecule has 0 aliphatic rings. The molecule has 4 nitrogen and oxygen atoms in total. The highest BCUT2D eigenvalue weighted by atomic mass is 16.4. The molecule has 0 aliphatic carbocycles. The maximum absolute atomic E-state index is 12.1. The molecule has 0 heterocycles. The molecule has 0 saturated carbocycles. The summed E-state index contributed by atoms with van der Waals surface area (Å²) in [6, 6.07) is 11.6. The molecule has 0 bridgehead atoms. The molecule has 0 spiro atoms. The number of carbonyl (C=O) groups excluding carboxylic acids is 1. The van der Waals surface area contributed by atoms with Crippen LogP contribution in [0.2, 0.25) is 0 Å². The van der Waals surface area contributed by atoms with Gasteiger partial charge in [-0.1, -0.05) is 29.7 Å². The highest BCUT2D eigenvalue weighted by Crippen LogP contribution is 2.07. The summed E-state index contributed by atoms with van der Waals surface area (Å²) in [7, 11) is 5.78. The van der Waals surface area contributed by atoms with E-state index < -0.39 is 5.97 Å². The van der Waals surface area contributed by atoms with Crippen molar-refractivity contribution in [3.8, 4) is 0 Å². The molecule has 0 fully saturated rings. The van der Waals surface area contributed by atoms with Gasteiger partial charge in [0.15, 0.2) is 0 Å². The van der Waals surface area contributed by atoms with Gasteiger partial charge in [-0.25, -0.2) is 4.79 Å². The first-order valence-electron chi connectivity index (χ1n) is 6.44. The van der Waals surface area contributed by atoms with E-state index in [9.17, 15) is 9.59 Å². The van der Waals surface area contributed by atoms with Crippen molar-refractivity contribution in [3.05, 3.63) is 64.7 Å². The van der Waals surface area contributed by atoms with Gasteiger partial charge in [0.2, 0.25) is 0 Å². The van der Waals surface area contributed by atoms with E-state index in [1.165, 1.54) is 12.1 Å². The quantitative estimate of drug-likeness (QED) is 0.832. The Kier molecular flexibility index (Phi) is 4.43. The molecular weight excluding hydrogens is 265 g/mol. The average molecular weight is 279 g/mol. The van der Waals surface area contributed by atoms with Crippen molar-refractivity contribution in [1.82, 2.24) is 5.32 Å². The van der Waals surface area contributed by atoms with Gasteiger partial charge in [-0.3, -0.25) is 4.79 Å².